The average molecular weight is 363 g/mol. The molecule has 0 atom stereocenters. The van der Waals surface area contributed by atoms with Gasteiger partial charge in [0.1, 0.15) is 11.6 Å². The molecular formula is C22H22FN3O. The first-order chi connectivity index (χ1) is 13.2. The summed E-state index contributed by atoms with van der Waals surface area (Å²) in [7, 11) is 0. The van der Waals surface area contributed by atoms with Gasteiger partial charge in [0.15, 0.2) is 0 Å². The van der Waals surface area contributed by atoms with Gasteiger partial charge in [-0.15, -0.1) is 0 Å². The Balaban J connectivity index is 1.47. The zero-order valence-electron chi connectivity index (χ0n) is 15.0. The molecule has 0 fully saturated rings. The molecule has 5 heteroatoms. The van der Waals surface area contributed by atoms with Crippen LogP contribution in [0.15, 0.2) is 72.9 Å². The number of halogens is 1. The Bertz CT molecular complexity index is 866. The van der Waals surface area contributed by atoms with E-state index in [1.165, 1.54) is 17.7 Å². The van der Waals surface area contributed by atoms with Crippen molar-refractivity contribution >= 4 is 11.7 Å². The monoisotopic (exact) mass is 363 g/mol. The molecule has 1 heterocycles. The van der Waals surface area contributed by atoms with Crippen LogP contribution >= 0.6 is 0 Å². The molecule has 0 spiro atoms. The lowest BCUT2D eigenvalue weighted by Crippen LogP contribution is -2.25. The fourth-order valence-electron chi connectivity index (χ4n) is 2.72. The summed E-state index contributed by atoms with van der Waals surface area (Å²) in [6, 6.07) is 19.9. The summed E-state index contributed by atoms with van der Waals surface area (Å²) in [5, 5.41) is 6.13. The Hall–Kier alpha value is -3.21. The van der Waals surface area contributed by atoms with E-state index >= 15 is 0 Å². The van der Waals surface area contributed by atoms with Crippen molar-refractivity contribution in [3.63, 3.8) is 0 Å². The van der Waals surface area contributed by atoms with E-state index in [9.17, 15) is 9.18 Å². The summed E-state index contributed by atoms with van der Waals surface area (Å²) < 4.78 is 12.9. The van der Waals surface area contributed by atoms with E-state index in [1.54, 1.807) is 30.5 Å². The van der Waals surface area contributed by atoms with E-state index in [-0.39, 0.29) is 11.7 Å². The second-order valence-electron chi connectivity index (χ2n) is 6.22. The van der Waals surface area contributed by atoms with Crippen molar-refractivity contribution in [3.05, 3.63) is 95.4 Å². The van der Waals surface area contributed by atoms with Crippen LogP contribution in [-0.4, -0.2) is 24.0 Å². The van der Waals surface area contributed by atoms with Gasteiger partial charge >= 0.3 is 0 Å². The van der Waals surface area contributed by atoms with Gasteiger partial charge in [0, 0.05) is 24.8 Å². The fraction of sp³-hybridized carbons (Fsp3) is 0.182. The molecule has 0 aliphatic carbocycles. The third kappa shape index (κ3) is 5.92. The van der Waals surface area contributed by atoms with Gasteiger partial charge in [-0.1, -0.05) is 42.5 Å². The number of aromatic nitrogens is 1. The highest BCUT2D eigenvalue weighted by Gasteiger charge is 2.06. The second kappa shape index (κ2) is 9.48. The number of rotatable bonds is 8. The lowest BCUT2D eigenvalue weighted by Gasteiger charge is -2.09. The number of hydrogen-bond acceptors (Lipinski definition) is 3. The highest BCUT2D eigenvalue weighted by atomic mass is 19.1. The minimum atomic E-state index is -0.237. The van der Waals surface area contributed by atoms with Gasteiger partial charge in [-0.3, -0.25) is 4.79 Å². The molecule has 0 saturated heterocycles. The lowest BCUT2D eigenvalue weighted by molar-refractivity contribution is 0.0954. The van der Waals surface area contributed by atoms with Crippen LogP contribution in [0.5, 0.6) is 0 Å². The van der Waals surface area contributed by atoms with Gasteiger partial charge in [-0.25, -0.2) is 9.37 Å². The summed E-state index contributed by atoms with van der Waals surface area (Å²) in [5.41, 5.74) is 2.80. The summed E-state index contributed by atoms with van der Waals surface area (Å²) in [5.74, 6) is 0.294. The fourth-order valence-corrected chi connectivity index (χ4v) is 2.72. The van der Waals surface area contributed by atoms with E-state index in [2.05, 4.69) is 15.6 Å². The van der Waals surface area contributed by atoms with Crippen molar-refractivity contribution in [1.82, 2.24) is 10.3 Å². The number of benzene rings is 2. The molecule has 0 aliphatic heterocycles. The van der Waals surface area contributed by atoms with Gasteiger partial charge < -0.3 is 10.6 Å². The van der Waals surface area contributed by atoms with Crippen LogP contribution in [0.1, 0.15) is 21.5 Å². The number of pyridine rings is 1. The minimum absolute atomic E-state index is 0.116. The zero-order chi connectivity index (χ0) is 18.9. The van der Waals surface area contributed by atoms with E-state index in [0.29, 0.717) is 24.5 Å². The van der Waals surface area contributed by atoms with E-state index in [0.717, 1.165) is 18.4 Å². The first-order valence-corrected chi connectivity index (χ1v) is 8.97. The molecule has 1 aromatic heterocycles. The molecule has 2 aromatic carbocycles. The molecule has 3 aromatic rings. The summed E-state index contributed by atoms with van der Waals surface area (Å²) in [6.07, 6.45) is 3.15. The SMILES string of the molecule is O=C(NCCc1ccccc1)c1ccnc(NCCc2ccc(F)cc2)c1. The smallest absolute Gasteiger partial charge is 0.251 e. The normalized spacial score (nSPS) is 10.4. The third-order valence-electron chi connectivity index (χ3n) is 4.20. The van der Waals surface area contributed by atoms with Crippen molar-refractivity contribution in [1.29, 1.82) is 0 Å². The van der Waals surface area contributed by atoms with Crippen molar-refractivity contribution in [2.75, 3.05) is 18.4 Å². The third-order valence-corrected chi connectivity index (χ3v) is 4.20. The van der Waals surface area contributed by atoms with Crippen LogP contribution in [-0.2, 0) is 12.8 Å². The topological polar surface area (TPSA) is 54.0 Å². The minimum Gasteiger partial charge on any atom is -0.370 e. The highest BCUT2D eigenvalue weighted by molar-refractivity contribution is 5.94. The van der Waals surface area contributed by atoms with Gasteiger partial charge in [0.2, 0.25) is 0 Å². The van der Waals surface area contributed by atoms with Gasteiger partial charge in [-0.05, 0) is 48.2 Å². The number of amides is 1. The van der Waals surface area contributed by atoms with Crippen molar-refractivity contribution < 1.29 is 9.18 Å². The molecule has 0 unspecified atom stereocenters. The van der Waals surface area contributed by atoms with Crippen LogP contribution < -0.4 is 10.6 Å². The molecule has 0 radical (unpaired) electrons. The molecule has 0 bridgehead atoms. The van der Waals surface area contributed by atoms with Crippen LogP contribution in [0.2, 0.25) is 0 Å². The number of nitrogens with one attached hydrogen (secondary N) is 2. The number of anilines is 1. The second-order valence-corrected chi connectivity index (χ2v) is 6.22. The van der Waals surface area contributed by atoms with Crippen molar-refractivity contribution in [3.8, 4) is 0 Å². The summed E-state index contributed by atoms with van der Waals surface area (Å²) in [6.45, 7) is 1.23. The first-order valence-electron chi connectivity index (χ1n) is 8.97. The molecule has 3 rings (SSSR count). The van der Waals surface area contributed by atoms with Gasteiger partial charge in [-0.2, -0.15) is 0 Å². The molecule has 0 aliphatic rings. The van der Waals surface area contributed by atoms with E-state index in [1.807, 2.05) is 30.3 Å². The molecule has 138 valence electrons. The molecule has 1 amide bonds. The van der Waals surface area contributed by atoms with Crippen LogP contribution in [0.4, 0.5) is 10.2 Å². The van der Waals surface area contributed by atoms with Crippen LogP contribution in [0.3, 0.4) is 0 Å². The van der Waals surface area contributed by atoms with Crippen molar-refractivity contribution in [2.45, 2.75) is 12.8 Å². The molecule has 2 N–H and O–H groups in total. The molecule has 4 nitrogen and oxygen atoms in total. The average Bonchev–Trinajstić information content (AvgIpc) is 2.70. The maximum absolute atomic E-state index is 12.9. The highest BCUT2D eigenvalue weighted by Crippen LogP contribution is 2.08. The number of carbonyl (C=O) groups excluding carboxylic acids is 1. The summed E-state index contributed by atoms with van der Waals surface area (Å²) >= 11 is 0. The Kier molecular flexibility index (Phi) is 6.52. The number of nitrogens with zero attached hydrogens (tertiary/aromatic N) is 1. The number of carbonyl (C=O) groups is 1. The van der Waals surface area contributed by atoms with Crippen LogP contribution in [0, 0.1) is 5.82 Å². The summed E-state index contributed by atoms with van der Waals surface area (Å²) in [4.78, 5) is 16.6. The van der Waals surface area contributed by atoms with E-state index < -0.39 is 0 Å². The number of hydrogen-bond donors (Lipinski definition) is 2. The molecule has 27 heavy (non-hydrogen) atoms. The van der Waals surface area contributed by atoms with E-state index in [4.69, 9.17) is 0 Å². The van der Waals surface area contributed by atoms with Crippen LogP contribution in [0.25, 0.3) is 0 Å². The standard InChI is InChI=1S/C22H22FN3O/c23-20-8-6-18(7-9-20)10-13-24-21-16-19(12-15-25-21)22(27)26-14-11-17-4-2-1-3-5-17/h1-9,12,15-16H,10-11,13-14H2,(H,24,25)(H,26,27). The van der Waals surface area contributed by atoms with Crippen molar-refractivity contribution in [2.24, 2.45) is 0 Å². The first kappa shape index (κ1) is 18.6. The lowest BCUT2D eigenvalue weighted by atomic mass is 10.1. The Morgan fingerprint density at radius 1 is 0.889 bits per heavy atom. The molecular weight excluding hydrogens is 341 g/mol. The quantitative estimate of drug-likeness (QED) is 0.639. The Morgan fingerprint density at radius 2 is 1.59 bits per heavy atom. The predicted molar refractivity (Wildman–Crippen MR) is 105 cm³/mol. The largest absolute Gasteiger partial charge is 0.370 e. The Morgan fingerprint density at radius 3 is 2.37 bits per heavy atom. The van der Waals surface area contributed by atoms with Gasteiger partial charge in [0.25, 0.3) is 5.91 Å². The Labute approximate surface area is 158 Å². The molecule has 0 saturated carbocycles. The maximum Gasteiger partial charge on any atom is 0.251 e. The predicted octanol–water partition coefficient (Wildman–Crippen LogP) is 3.85. The van der Waals surface area contributed by atoms with Gasteiger partial charge in [0.05, 0.1) is 0 Å². The zero-order valence-corrected chi connectivity index (χ0v) is 15.0. The maximum atomic E-state index is 12.9.